The summed E-state index contributed by atoms with van der Waals surface area (Å²) in [7, 11) is 0. The number of halogens is 1. The second-order valence-electron chi connectivity index (χ2n) is 8.95. The van der Waals surface area contributed by atoms with Crippen molar-refractivity contribution in [2.45, 2.75) is 39.5 Å². The van der Waals surface area contributed by atoms with E-state index in [9.17, 15) is 4.79 Å². The Bertz CT molecular complexity index is 1130. The highest BCUT2D eigenvalue weighted by Gasteiger charge is 2.23. The number of carbonyl (C=O) groups is 1. The minimum Gasteiger partial charge on any atom is -0.378 e. The van der Waals surface area contributed by atoms with Gasteiger partial charge in [-0.2, -0.15) is 0 Å². The molecule has 2 heterocycles. The number of ether oxygens (including phenoxy) is 1. The number of thiazole rings is 1. The van der Waals surface area contributed by atoms with E-state index in [1.807, 2.05) is 24.3 Å². The molecule has 1 aliphatic heterocycles. The molecule has 0 aliphatic carbocycles. The Balaban J connectivity index is 1.67. The molecule has 0 atom stereocenters. The van der Waals surface area contributed by atoms with Gasteiger partial charge in [0, 0.05) is 24.3 Å². The summed E-state index contributed by atoms with van der Waals surface area (Å²) in [5.41, 5.74) is 4.58. The number of urea groups is 1. The van der Waals surface area contributed by atoms with Gasteiger partial charge in [-0.25, -0.2) is 9.78 Å². The fraction of sp³-hybridized carbons (Fsp3) is 0.385. The van der Waals surface area contributed by atoms with Crippen molar-refractivity contribution in [3.05, 3.63) is 58.6 Å². The van der Waals surface area contributed by atoms with Gasteiger partial charge in [0.05, 0.1) is 18.2 Å². The third-order valence-electron chi connectivity index (χ3n) is 5.86. The molecule has 1 fully saturated rings. The van der Waals surface area contributed by atoms with Crippen LogP contribution in [0.25, 0.3) is 11.3 Å². The Morgan fingerprint density at radius 3 is 2.26 bits per heavy atom. The number of nitrogens with zero attached hydrogens (tertiary/aromatic N) is 2. The zero-order chi connectivity index (χ0) is 24.2. The van der Waals surface area contributed by atoms with Gasteiger partial charge in [-0.05, 0) is 29.0 Å². The van der Waals surface area contributed by atoms with E-state index in [2.05, 4.69) is 61.4 Å². The first-order chi connectivity index (χ1) is 16.3. The lowest BCUT2D eigenvalue weighted by atomic mass is 9.93. The fourth-order valence-corrected chi connectivity index (χ4v) is 5.31. The zero-order valence-electron chi connectivity index (χ0n) is 20.0. The number of rotatable bonds is 6. The Labute approximate surface area is 210 Å². The fourth-order valence-electron chi connectivity index (χ4n) is 4.06. The number of para-hydroxylation sites is 1. The summed E-state index contributed by atoms with van der Waals surface area (Å²) >= 11 is 7.96. The van der Waals surface area contributed by atoms with E-state index in [1.165, 1.54) is 11.3 Å². The number of carbonyl (C=O) groups excluding carboxylic acids is 1. The number of amides is 2. The van der Waals surface area contributed by atoms with E-state index < -0.39 is 0 Å². The first-order valence-corrected chi connectivity index (χ1v) is 12.8. The molecule has 3 aromatic rings. The molecule has 1 saturated heterocycles. The van der Waals surface area contributed by atoms with Crippen molar-refractivity contribution >= 4 is 44.8 Å². The molecule has 2 N–H and O–H groups in total. The van der Waals surface area contributed by atoms with E-state index in [0.29, 0.717) is 28.9 Å². The largest absolute Gasteiger partial charge is 0.378 e. The molecule has 1 aliphatic rings. The van der Waals surface area contributed by atoms with Crippen molar-refractivity contribution in [1.29, 1.82) is 0 Å². The maximum absolute atomic E-state index is 13.3. The van der Waals surface area contributed by atoms with Crippen molar-refractivity contribution < 1.29 is 9.53 Å². The highest BCUT2D eigenvalue weighted by molar-refractivity contribution is 7.20. The van der Waals surface area contributed by atoms with Crippen molar-refractivity contribution in [2.24, 2.45) is 0 Å². The summed E-state index contributed by atoms with van der Waals surface area (Å²) in [6.07, 6.45) is 0. The van der Waals surface area contributed by atoms with Gasteiger partial charge < -0.3 is 15.0 Å². The van der Waals surface area contributed by atoms with E-state index in [4.69, 9.17) is 21.3 Å². The predicted octanol–water partition coefficient (Wildman–Crippen LogP) is 7.19. The average molecular weight is 499 g/mol. The molecule has 0 radical (unpaired) electrons. The first-order valence-electron chi connectivity index (χ1n) is 11.6. The standard InChI is InChI=1S/C26H31ClN4O2S/c1-16(2)18-9-7-10-19(17(3)4)22(18)28-25(32)30-24-23(20-8-5-6-11-21(20)27)29-26(34-24)31-12-14-33-15-13-31/h5-11,16-17H,12-15H2,1-4H3,(H2,28,30,32). The Hall–Kier alpha value is -2.61. The van der Waals surface area contributed by atoms with Gasteiger partial charge in [-0.15, -0.1) is 0 Å². The summed E-state index contributed by atoms with van der Waals surface area (Å²) in [4.78, 5) is 20.3. The van der Waals surface area contributed by atoms with E-state index >= 15 is 0 Å². The third kappa shape index (κ3) is 5.37. The normalized spacial score (nSPS) is 14.0. The number of benzene rings is 2. The lowest BCUT2D eigenvalue weighted by Gasteiger charge is -2.26. The van der Waals surface area contributed by atoms with Crippen molar-refractivity contribution in [2.75, 3.05) is 41.8 Å². The van der Waals surface area contributed by atoms with Crippen molar-refractivity contribution in [3.63, 3.8) is 0 Å². The van der Waals surface area contributed by atoms with Gasteiger partial charge in [0.25, 0.3) is 0 Å². The van der Waals surface area contributed by atoms with Gasteiger partial charge in [0.1, 0.15) is 10.7 Å². The number of morpholine rings is 1. The van der Waals surface area contributed by atoms with Gasteiger partial charge in [-0.1, -0.05) is 87.0 Å². The predicted molar refractivity (Wildman–Crippen MR) is 143 cm³/mol. The van der Waals surface area contributed by atoms with Crippen LogP contribution in [0, 0.1) is 0 Å². The Morgan fingerprint density at radius 2 is 1.65 bits per heavy atom. The lowest BCUT2D eigenvalue weighted by molar-refractivity contribution is 0.122. The molecule has 0 spiro atoms. The molecular weight excluding hydrogens is 468 g/mol. The maximum atomic E-state index is 13.3. The molecule has 0 saturated carbocycles. The molecule has 2 aromatic carbocycles. The van der Waals surface area contributed by atoms with E-state index in [1.54, 1.807) is 0 Å². The van der Waals surface area contributed by atoms with E-state index in [0.717, 1.165) is 40.6 Å². The van der Waals surface area contributed by atoms with Crippen molar-refractivity contribution in [1.82, 2.24) is 4.98 Å². The highest BCUT2D eigenvalue weighted by atomic mass is 35.5. The molecule has 0 bridgehead atoms. The Morgan fingerprint density at radius 1 is 1.00 bits per heavy atom. The summed E-state index contributed by atoms with van der Waals surface area (Å²) < 4.78 is 5.49. The molecule has 180 valence electrons. The number of hydrogen-bond donors (Lipinski definition) is 2. The molecule has 1 aromatic heterocycles. The summed E-state index contributed by atoms with van der Waals surface area (Å²) in [6.45, 7) is 11.4. The van der Waals surface area contributed by atoms with Gasteiger partial charge in [0.2, 0.25) is 0 Å². The summed E-state index contributed by atoms with van der Waals surface area (Å²) in [5.74, 6) is 0.563. The quantitative estimate of drug-likeness (QED) is 0.377. The number of aromatic nitrogens is 1. The summed E-state index contributed by atoms with van der Waals surface area (Å²) in [5, 5.41) is 8.31. The van der Waals surface area contributed by atoms with Crippen LogP contribution < -0.4 is 15.5 Å². The van der Waals surface area contributed by atoms with Gasteiger partial charge in [0.15, 0.2) is 5.13 Å². The van der Waals surface area contributed by atoms with Crippen LogP contribution >= 0.6 is 22.9 Å². The van der Waals surface area contributed by atoms with E-state index in [-0.39, 0.29) is 17.9 Å². The van der Waals surface area contributed by atoms with Crippen LogP contribution in [0.1, 0.15) is 50.7 Å². The highest BCUT2D eigenvalue weighted by Crippen LogP contribution is 2.41. The van der Waals surface area contributed by atoms with Crippen molar-refractivity contribution in [3.8, 4) is 11.3 Å². The summed E-state index contributed by atoms with van der Waals surface area (Å²) in [6, 6.07) is 13.5. The second kappa shape index (κ2) is 10.8. The van der Waals surface area contributed by atoms with Crippen LogP contribution in [-0.4, -0.2) is 37.3 Å². The van der Waals surface area contributed by atoms with Crippen LogP contribution in [0.15, 0.2) is 42.5 Å². The lowest BCUT2D eigenvalue weighted by Crippen LogP contribution is -2.36. The van der Waals surface area contributed by atoms with Gasteiger partial charge in [-0.3, -0.25) is 5.32 Å². The number of anilines is 3. The number of nitrogens with one attached hydrogen (secondary N) is 2. The second-order valence-corrected chi connectivity index (χ2v) is 10.3. The van der Waals surface area contributed by atoms with Crippen LogP contribution in [0.3, 0.4) is 0 Å². The number of hydrogen-bond acceptors (Lipinski definition) is 5. The molecule has 4 rings (SSSR count). The van der Waals surface area contributed by atoms with Gasteiger partial charge >= 0.3 is 6.03 Å². The first kappa shape index (κ1) is 24.5. The molecule has 8 heteroatoms. The zero-order valence-corrected chi connectivity index (χ0v) is 21.6. The van der Waals surface area contributed by atoms with Crippen LogP contribution in [0.5, 0.6) is 0 Å². The maximum Gasteiger partial charge on any atom is 0.324 e. The monoisotopic (exact) mass is 498 g/mol. The smallest absolute Gasteiger partial charge is 0.324 e. The minimum absolute atomic E-state index is 0.281. The SMILES string of the molecule is CC(C)c1cccc(C(C)C)c1NC(=O)Nc1sc(N2CCOCC2)nc1-c1ccccc1Cl. The minimum atomic E-state index is -0.291. The molecule has 2 amide bonds. The third-order valence-corrected chi connectivity index (χ3v) is 7.23. The molecule has 6 nitrogen and oxygen atoms in total. The molecule has 0 unspecified atom stereocenters. The molecule has 34 heavy (non-hydrogen) atoms. The van der Waals surface area contributed by atoms with Crippen LogP contribution in [0.4, 0.5) is 20.6 Å². The average Bonchev–Trinajstić information content (AvgIpc) is 3.23. The van der Waals surface area contributed by atoms with Crippen LogP contribution in [0.2, 0.25) is 5.02 Å². The van der Waals surface area contributed by atoms with Crippen LogP contribution in [-0.2, 0) is 4.74 Å². The molecular formula is C26H31ClN4O2S. The Kier molecular flexibility index (Phi) is 7.76. The topological polar surface area (TPSA) is 66.5 Å².